The number of benzene rings is 2. The third kappa shape index (κ3) is 2.80. The molecule has 3 heteroatoms. The fraction of sp³-hybridized carbons (Fsp3) is 0.133. The van der Waals surface area contributed by atoms with Gasteiger partial charge in [-0.15, -0.1) is 0 Å². The molecule has 2 aromatic carbocycles. The minimum Gasteiger partial charge on any atom is -0.492 e. The van der Waals surface area contributed by atoms with Gasteiger partial charge in [-0.1, -0.05) is 30.3 Å². The Kier molecular flexibility index (Phi) is 3.83. The lowest BCUT2D eigenvalue weighted by molar-refractivity contribution is 0.321. The molecule has 90 valence electrons. The van der Waals surface area contributed by atoms with Gasteiger partial charge in [0, 0.05) is 12.1 Å². The number of anilines is 1. The molecule has 0 heterocycles. The summed E-state index contributed by atoms with van der Waals surface area (Å²) >= 11 is 0. The van der Waals surface area contributed by atoms with Crippen molar-refractivity contribution in [3.63, 3.8) is 0 Å². The van der Waals surface area contributed by atoms with Gasteiger partial charge in [-0.05, 0) is 23.8 Å². The van der Waals surface area contributed by atoms with Crippen LogP contribution in [0.3, 0.4) is 0 Å². The normalized spacial score (nSPS) is 9.72. The second-order valence-electron chi connectivity index (χ2n) is 3.91. The minimum atomic E-state index is 0.507. The van der Waals surface area contributed by atoms with Crippen molar-refractivity contribution in [2.75, 3.05) is 12.3 Å². The lowest BCUT2D eigenvalue weighted by Gasteiger charge is -2.08. The van der Waals surface area contributed by atoms with E-state index in [4.69, 9.17) is 15.7 Å². The van der Waals surface area contributed by atoms with Crippen molar-refractivity contribution in [3.05, 3.63) is 59.7 Å². The zero-order valence-corrected chi connectivity index (χ0v) is 9.97. The molecular formula is C15H14N2O. The van der Waals surface area contributed by atoms with Crippen LogP contribution >= 0.6 is 0 Å². The van der Waals surface area contributed by atoms with Crippen LogP contribution < -0.4 is 10.5 Å². The molecule has 0 fully saturated rings. The fourth-order valence-electron chi connectivity index (χ4n) is 1.72. The summed E-state index contributed by atoms with van der Waals surface area (Å²) < 4.78 is 5.61. The molecule has 0 aliphatic rings. The number of nitrogen functional groups attached to an aromatic ring is 1. The molecule has 0 atom stereocenters. The number of hydrogen-bond donors (Lipinski definition) is 1. The lowest BCUT2D eigenvalue weighted by atomic mass is 10.1. The van der Waals surface area contributed by atoms with E-state index in [0.717, 1.165) is 17.7 Å². The average Bonchev–Trinajstić information content (AvgIpc) is 2.41. The van der Waals surface area contributed by atoms with Crippen LogP contribution in [0.1, 0.15) is 11.1 Å². The Balaban J connectivity index is 1.97. The third-order valence-corrected chi connectivity index (χ3v) is 2.69. The third-order valence-electron chi connectivity index (χ3n) is 2.69. The first-order valence-electron chi connectivity index (χ1n) is 5.76. The summed E-state index contributed by atoms with van der Waals surface area (Å²) in [7, 11) is 0. The summed E-state index contributed by atoms with van der Waals surface area (Å²) in [5, 5.41) is 8.93. The van der Waals surface area contributed by atoms with E-state index in [9.17, 15) is 0 Å². The van der Waals surface area contributed by atoms with Crippen molar-refractivity contribution >= 4 is 5.69 Å². The minimum absolute atomic E-state index is 0.507. The molecule has 0 amide bonds. The number of para-hydroxylation sites is 2. The van der Waals surface area contributed by atoms with Gasteiger partial charge in [0.1, 0.15) is 11.8 Å². The van der Waals surface area contributed by atoms with E-state index in [-0.39, 0.29) is 0 Å². The lowest BCUT2D eigenvalue weighted by Crippen LogP contribution is -2.04. The van der Waals surface area contributed by atoms with Crippen molar-refractivity contribution in [2.24, 2.45) is 0 Å². The fourth-order valence-corrected chi connectivity index (χ4v) is 1.72. The molecule has 0 saturated heterocycles. The van der Waals surface area contributed by atoms with Crippen LogP contribution in [0.25, 0.3) is 0 Å². The van der Waals surface area contributed by atoms with E-state index in [2.05, 4.69) is 6.07 Å². The zero-order valence-electron chi connectivity index (χ0n) is 9.97. The van der Waals surface area contributed by atoms with Crippen molar-refractivity contribution in [1.82, 2.24) is 0 Å². The first kappa shape index (κ1) is 12.0. The molecule has 18 heavy (non-hydrogen) atoms. The molecule has 0 aliphatic carbocycles. The van der Waals surface area contributed by atoms with E-state index in [1.807, 2.05) is 36.4 Å². The Hall–Kier alpha value is -2.47. The van der Waals surface area contributed by atoms with E-state index in [1.165, 1.54) is 0 Å². The molecule has 0 bridgehead atoms. The maximum atomic E-state index is 8.93. The largest absolute Gasteiger partial charge is 0.492 e. The average molecular weight is 238 g/mol. The predicted molar refractivity (Wildman–Crippen MR) is 71.2 cm³/mol. The molecule has 2 N–H and O–H groups in total. The zero-order chi connectivity index (χ0) is 12.8. The monoisotopic (exact) mass is 238 g/mol. The number of nitriles is 1. The Morgan fingerprint density at radius 1 is 1.06 bits per heavy atom. The smallest absolute Gasteiger partial charge is 0.137 e. The summed E-state index contributed by atoms with van der Waals surface area (Å²) in [4.78, 5) is 0. The molecule has 0 unspecified atom stereocenters. The Labute approximate surface area is 106 Å². The van der Waals surface area contributed by atoms with Crippen LogP contribution in [0.15, 0.2) is 48.5 Å². The number of nitrogens with two attached hydrogens (primary N) is 1. The molecule has 0 spiro atoms. The molecule has 0 radical (unpaired) electrons. The highest BCUT2D eigenvalue weighted by Crippen LogP contribution is 2.17. The Morgan fingerprint density at radius 3 is 2.56 bits per heavy atom. The van der Waals surface area contributed by atoms with Crippen molar-refractivity contribution in [3.8, 4) is 11.8 Å². The topological polar surface area (TPSA) is 59.0 Å². The first-order chi connectivity index (χ1) is 8.81. The molecular weight excluding hydrogens is 224 g/mol. The molecule has 2 aromatic rings. The highest BCUT2D eigenvalue weighted by molar-refractivity contribution is 5.46. The van der Waals surface area contributed by atoms with Gasteiger partial charge in [-0.25, -0.2) is 0 Å². The van der Waals surface area contributed by atoms with Gasteiger partial charge in [0.15, 0.2) is 0 Å². The maximum Gasteiger partial charge on any atom is 0.137 e. The van der Waals surface area contributed by atoms with Crippen LogP contribution in [0.4, 0.5) is 5.69 Å². The Bertz CT molecular complexity index is 573. The second-order valence-corrected chi connectivity index (χ2v) is 3.91. The highest BCUT2D eigenvalue weighted by Gasteiger charge is 2.02. The predicted octanol–water partition coefficient (Wildman–Crippen LogP) is 2.76. The maximum absolute atomic E-state index is 8.93. The van der Waals surface area contributed by atoms with Gasteiger partial charge in [0.2, 0.25) is 0 Å². The van der Waals surface area contributed by atoms with Crippen LogP contribution in [0, 0.1) is 11.3 Å². The van der Waals surface area contributed by atoms with Crippen LogP contribution in [0.5, 0.6) is 5.75 Å². The van der Waals surface area contributed by atoms with Gasteiger partial charge >= 0.3 is 0 Å². The molecule has 3 nitrogen and oxygen atoms in total. The van der Waals surface area contributed by atoms with Crippen molar-refractivity contribution < 1.29 is 4.74 Å². The van der Waals surface area contributed by atoms with Crippen LogP contribution in [-0.4, -0.2) is 6.61 Å². The number of hydrogen-bond acceptors (Lipinski definition) is 3. The van der Waals surface area contributed by atoms with Crippen LogP contribution in [0.2, 0.25) is 0 Å². The standard InChI is InChI=1S/C15H14N2O/c16-11-13-6-2-4-8-15(13)18-10-9-12-5-1-3-7-14(12)17/h1-8H,9-10,17H2. The quantitative estimate of drug-likeness (QED) is 0.833. The summed E-state index contributed by atoms with van der Waals surface area (Å²) in [5.41, 5.74) is 8.24. The van der Waals surface area contributed by atoms with Crippen LogP contribution in [-0.2, 0) is 6.42 Å². The molecule has 0 aliphatic heterocycles. The number of ether oxygens (including phenoxy) is 1. The summed E-state index contributed by atoms with van der Waals surface area (Å²) in [6, 6.07) is 17.0. The van der Waals surface area contributed by atoms with Gasteiger partial charge in [-0.2, -0.15) is 5.26 Å². The number of rotatable bonds is 4. The SMILES string of the molecule is N#Cc1ccccc1OCCc1ccccc1N. The second kappa shape index (κ2) is 5.74. The number of nitrogens with zero attached hydrogens (tertiary/aromatic N) is 1. The first-order valence-corrected chi connectivity index (χ1v) is 5.76. The van der Waals surface area contributed by atoms with Gasteiger partial charge < -0.3 is 10.5 Å². The van der Waals surface area contributed by atoms with Crippen molar-refractivity contribution in [2.45, 2.75) is 6.42 Å². The summed E-state index contributed by atoms with van der Waals surface area (Å²) in [6.45, 7) is 0.507. The molecule has 0 saturated carbocycles. The van der Waals surface area contributed by atoms with Crippen molar-refractivity contribution in [1.29, 1.82) is 5.26 Å². The Morgan fingerprint density at radius 2 is 1.78 bits per heavy atom. The van der Waals surface area contributed by atoms with E-state index < -0.39 is 0 Å². The summed E-state index contributed by atoms with van der Waals surface area (Å²) in [6.07, 6.45) is 0.729. The van der Waals surface area contributed by atoms with Gasteiger partial charge in [0.25, 0.3) is 0 Å². The highest BCUT2D eigenvalue weighted by atomic mass is 16.5. The van der Waals surface area contributed by atoms with Gasteiger partial charge in [-0.3, -0.25) is 0 Å². The molecule has 0 aromatic heterocycles. The van der Waals surface area contributed by atoms with Gasteiger partial charge in [0.05, 0.1) is 12.2 Å². The van der Waals surface area contributed by atoms with E-state index in [0.29, 0.717) is 17.9 Å². The van der Waals surface area contributed by atoms with E-state index in [1.54, 1.807) is 12.1 Å². The summed E-state index contributed by atoms with van der Waals surface area (Å²) in [5.74, 6) is 0.620. The van der Waals surface area contributed by atoms with E-state index >= 15 is 0 Å². The molecule has 2 rings (SSSR count).